The van der Waals surface area contributed by atoms with Crippen molar-refractivity contribution in [2.24, 2.45) is 5.92 Å². The number of rotatable bonds is 4. The Labute approximate surface area is 140 Å². The summed E-state index contributed by atoms with van der Waals surface area (Å²) in [7, 11) is 0. The Bertz CT molecular complexity index is 683. The molecule has 1 N–H and O–H groups in total. The van der Waals surface area contributed by atoms with Gasteiger partial charge in [0.15, 0.2) is 0 Å². The molecule has 3 heterocycles. The second kappa shape index (κ2) is 7.68. The Morgan fingerprint density at radius 1 is 1.08 bits per heavy atom. The zero-order valence-electron chi connectivity index (χ0n) is 13.4. The van der Waals surface area contributed by atoms with E-state index in [0.717, 1.165) is 5.56 Å². The van der Waals surface area contributed by atoms with Crippen LogP contribution in [0.1, 0.15) is 28.8 Å². The molecule has 0 radical (unpaired) electrons. The molecule has 0 bridgehead atoms. The highest BCUT2D eigenvalue weighted by Crippen LogP contribution is 2.19. The van der Waals surface area contributed by atoms with Crippen LogP contribution >= 0.6 is 0 Å². The summed E-state index contributed by atoms with van der Waals surface area (Å²) in [5.74, 6) is -0.00994. The molecule has 0 saturated carbocycles. The molecule has 1 aliphatic heterocycles. The van der Waals surface area contributed by atoms with Crippen molar-refractivity contribution in [2.75, 3.05) is 13.1 Å². The van der Waals surface area contributed by atoms with Gasteiger partial charge in [0.25, 0.3) is 5.91 Å². The Balaban J connectivity index is 1.48. The summed E-state index contributed by atoms with van der Waals surface area (Å²) in [5.41, 5.74) is 1.58. The van der Waals surface area contributed by atoms with Crippen molar-refractivity contribution in [3.8, 4) is 0 Å². The molecule has 6 heteroatoms. The van der Waals surface area contributed by atoms with Gasteiger partial charge in [-0.15, -0.1) is 0 Å². The van der Waals surface area contributed by atoms with Crippen LogP contribution in [0.3, 0.4) is 0 Å². The normalized spacial score (nSPS) is 15.1. The molecule has 0 spiro atoms. The Hall–Kier alpha value is -2.76. The maximum absolute atomic E-state index is 12.4. The first-order valence-electron chi connectivity index (χ1n) is 8.10. The molecule has 0 aromatic carbocycles. The van der Waals surface area contributed by atoms with Gasteiger partial charge in [0.1, 0.15) is 0 Å². The van der Waals surface area contributed by atoms with E-state index in [1.165, 1.54) is 0 Å². The number of amides is 2. The third-order valence-corrected chi connectivity index (χ3v) is 4.25. The first kappa shape index (κ1) is 16.1. The van der Waals surface area contributed by atoms with Gasteiger partial charge in [0.05, 0.1) is 5.56 Å². The first-order chi connectivity index (χ1) is 11.7. The zero-order valence-corrected chi connectivity index (χ0v) is 13.4. The van der Waals surface area contributed by atoms with Crippen LogP contribution < -0.4 is 5.32 Å². The van der Waals surface area contributed by atoms with Gasteiger partial charge in [-0.25, -0.2) is 0 Å². The lowest BCUT2D eigenvalue weighted by atomic mass is 9.95. The molecular weight excluding hydrogens is 304 g/mol. The summed E-state index contributed by atoms with van der Waals surface area (Å²) >= 11 is 0. The minimum absolute atomic E-state index is 0.0164. The van der Waals surface area contributed by atoms with Crippen molar-refractivity contribution in [3.05, 3.63) is 60.2 Å². The van der Waals surface area contributed by atoms with Gasteiger partial charge in [-0.1, -0.05) is 6.07 Å². The fourth-order valence-corrected chi connectivity index (χ4v) is 2.85. The van der Waals surface area contributed by atoms with Crippen molar-refractivity contribution in [1.82, 2.24) is 20.2 Å². The van der Waals surface area contributed by atoms with Crippen LogP contribution in [0.15, 0.2) is 49.1 Å². The highest BCUT2D eigenvalue weighted by Gasteiger charge is 2.27. The molecule has 1 saturated heterocycles. The van der Waals surface area contributed by atoms with Gasteiger partial charge < -0.3 is 10.2 Å². The Morgan fingerprint density at radius 3 is 2.42 bits per heavy atom. The largest absolute Gasteiger partial charge is 0.352 e. The van der Waals surface area contributed by atoms with Crippen LogP contribution in [0, 0.1) is 5.92 Å². The molecule has 6 nitrogen and oxygen atoms in total. The molecule has 0 aliphatic carbocycles. The lowest BCUT2D eigenvalue weighted by Gasteiger charge is -2.31. The molecule has 2 aromatic heterocycles. The van der Waals surface area contributed by atoms with Crippen LogP contribution in [0.2, 0.25) is 0 Å². The van der Waals surface area contributed by atoms with Crippen molar-refractivity contribution in [1.29, 1.82) is 0 Å². The zero-order chi connectivity index (χ0) is 16.8. The number of nitrogens with zero attached hydrogens (tertiary/aromatic N) is 3. The number of hydrogen-bond acceptors (Lipinski definition) is 4. The number of aromatic nitrogens is 2. The average Bonchev–Trinajstić information content (AvgIpc) is 2.67. The molecule has 2 aromatic rings. The Kier molecular flexibility index (Phi) is 5.15. The van der Waals surface area contributed by atoms with Crippen molar-refractivity contribution < 1.29 is 9.59 Å². The van der Waals surface area contributed by atoms with E-state index in [-0.39, 0.29) is 17.7 Å². The summed E-state index contributed by atoms with van der Waals surface area (Å²) in [6.07, 6.45) is 8.05. The third kappa shape index (κ3) is 3.95. The maximum atomic E-state index is 12.4. The van der Waals surface area contributed by atoms with Crippen molar-refractivity contribution in [3.63, 3.8) is 0 Å². The van der Waals surface area contributed by atoms with E-state index in [4.69, 9.17) is 0 Å². The summed E-state index contributed by atoms with van der Waals surface area (Å²) in [6.45, 7) is 1.68. The highest BCUT2D eigenvalue weighted by atomic mass is 16.2. The molecule has 1 aliphatic rings. The number of pyridine rings is 2. The number of carbonyl (C=O) groups excluding carboxylic acids is 2. The van der Waals surface area contributed by atoms with Gasteiger partial charge in [0.2, 0.25) is 5.91 Å². The molecular formula is C18H20N4O2. The molecule has 3 rings (SSSR count). The quantitative estimate of drug-likeness (QED) is 0.928. The number of nitrogens with one attached hydrogen (secondary N) is 1. The van der Waals surface area contributed by atoms with Crippen LogP contribution in [0.25, 0.3) is 0 Å². The van der Waals surface area contributed by atoms with Crippen molar-refractivity contribution in [2.45, 2.75) is 19.4 Å². The first-order valence-corrected chi connectivity index (χ1v) is 8.10. The van der Waals surface area contributed by atoms with Gasteiger partial charge in [-0.3, -0.25) is 19.6 Å². The number of likely N-dealkylation sites (tertiary alicyclic amines) is 1. The molecule has 2 amide bonds. The summed E-state index contributed by atoms with van der Waals surface area (Å²) in [5, 5.41) is 2.95. The van der Waals surface area contributed by atoms with Gasteiger partial charge in [0, 0.05) is 50.3 Å². The van der Waals surface area contributed by atoms with Gasteiger partial charge in [-0.2, -0.15) is 0 Å². The van der Waals surface area contributed by atoms with E-state index in [9.17, 15) is 9.59 Å². The Morgan fingerprint density at radius 2 is 1.79 bits per heavy atom. The van der Waals surface area contributed by atoms with E-state index in [2.05, 4.69) is 15.3 Å². The second-order valence-electron chi connectivity index (χ2n) is 5.89. The molecule has 0 unspecified atom stereocenters. The number of hydrogen-bond donors (Lipinski definition) is 1. The second-order valence-corrected chi connectivity index (χ2v) is 5.89. The van der Waals surface area contributed by atoms with Crippen molar-refractivity contribution >= 4 is 11.8 Å². The molecule has 1 fully saturated rings. The van der Waals surface area contributed by atoms with Crippen LogP contribution in [0.5, 0.6) is 0 Å². The monoisotopic (exact) mass is 324 g/mol. The smallest absolute Gasteiger partial charge is 0.255 e. The highest BCUT2D eigenvalue weighted by molar-refractivity contribution is 5.94. The summed E-state index contributed by atoms with van der Waals surface area (Å²) in [6, 6.07) is 7.31. The fraction of sp³-hybridized carbons (Fsp3) is 0.333. The predicted octanol–water partition coefficient (Wildman–Crippen LogP) is 1.65. The molecule has 0 atom stereocenters. The van der Waals surface area contributed by atoms with E-state index in [1.807, 2.05) is 12.1 Å². The summed E-state index contributed by atoms with van der Waals surface area (Å²) in [4.78, 5) is 34.4. The molecule has 24 heavy (non-hydrogen) atoms. The lowest BCUT2D eigenvalue weighted by Crippen LogP contribution is -2.42. The van der Waals surface area contributed by atoms with E-state index in [0.29, 0.717) is 38.0 Å². The average molecular weight is 324 g/mol. The predicted molar refractivity (Wildman–Crippen MR) is 88.9 cm³/mol. The lowest BCUT2D eigenvalue weighted by molar-refractivity contribution is -0.126. The van der Waals surface area contributed by atoms with Crippen LogP contribution in [-0.2, 0) is 11.3 Å². The maximum Gasteiger partial charge on any atom is 0.255 e. The number of carbonyl (C=O) groups is 2. The van der Waals surface area contributed by atoms with E-state index < -0.39 is 0 Å². The van der Waals surface area contributed by atoms with Gasteiger partial charge >= 0.3 is 0 Å². The number of piperidine rings is 1. The SMILES string of the molecule is O=C(NCc1cccnc1)C1CCN(C(=O)c2cccnc2)CC1. The van der Waals surface area contributed by atoms with E-state index >= 15 is 0 Å². The fourth-order valence-electron chi connectivity index (χ4n) is 2.85. The summed E-state index contributed by atoms with van der Waals surface area (Å²) < 4.78 is 0. The topological polar surface area (TPSA) is 75.2 Å². The standard InChI is InChI=1S/C18H20N4O2/c23-17(21-12-14-3-1-7-19-11-14)15-5-9-22(10-6-15)18(24)16-4-2-8-20-13-16/h1-4,7-8,11,13,15H,5-6,9-10,12H2,(H,21,23). The molecule has 124 valence electrons. The van der Waals surface area contributed by atoms with Crippen LogP contribution in [-0.4, -0.2) is 39.8 Å². The van der Waals surface area contributed by atoms with Gasteiger partial charge in [-0.05, 0) is 36.6 Å². The minimum Gasteiger partial charge on any atom is -0.352 e. The third-order valence-electron chi connectivity index (χ3n) is 4.25. The minimum atomic E-state index is -0.0420. The van der Waals surface area contributed by atoms with Crippen LogP contribution in [0.4, 0.5) is 0 Å². The van der Waals surface area contributed by atoms with E-state index in [1.54, 1.807) is 41.8 Å².